The number of carbonyl (C=O) groups is 1. The van der Waals surface area contributed by atoms with Gasteiger partial charge in [0.15, 0.2) is 0 Å². The molecule has 0 aliphatic carbocycles. The molecule has 1 saturated heterocycles. The highest BCUT2D eigenvalue weighted by molar-refractivity contribution is 5.76. The minimum Gasteiger partial charge on any atom is -0.481 e. The average molecular weight is 285 g/mol. The van der Waals surface area contributed by atoms with E-state index in [0.29, 0.717) is 32.4 Å². The van der Waals surface area contributed by atoms with Crippen LogP contribution >= 0.6 is 0 Å². The SMILES string of the molecule is CCC1(C(=O)O)CCN(c2cnc3ccccc3n2)CC1. The van der Waals surface area contributed by atoms with Crippen molar-refractivity contribution < 1.29 is 9.90 Å². The quantitative estimate of drug-likeness (QED) is 0.939. The maximum absolute atomic E-state index is 11.5. The number of anilines is 1. The molecule has 3 rings (SSSR count). The number of carboxylic acid groups (broad SMARTS) is 1. The number of hydrogen-bond acceptors (Lipinski definition) is 4. The molecule has 21 heavy (non-hydrogen) atoms. The molecule has 1 fully saturated rings. The standard InChI is InChI=1S/C16H19N3O2/c1-2-16(15(20)21)7-9-19(10-8-16)14-11-17-12-5-3-4-6-13(12)18-14/h3-6,11H,2,7-10H2,1H3,(H,20,21). The Balaban J connectivity index is 1.81. The van der Waals surface area contributed by atoms with E-state index < -0.39 is 11.4 Å². The molecule has 0 saturated carbocycles. The number of piperidine rings is 1. The number of benzene rings is 1. The summed E-state index contributed by atoms with van der Waals surface area (Å²) in [6.45, 7) is 3.39. The van der Waals surface area contributed by atoms with E-state index in [9.17, 15) is 9.90 Å². The molecule has 1 aliphatic heterocycles. The summed E-state index contributed by atoms with van der Waals surface area (Å²) in [7, 11) is 0. The molecule has 5 heteroatoms. The van der Waals surface area contributed by atoms with Crippen molar-refractivity contribution >= 4 is 22.8 Å². The van der Waals surface area contributed by atoms with Crippen LogP contribution in [0.1, 0.15) is 26.2 Å². The number of carboxylic acids is 1. The number of hydrogen-bond donors (Lipinski definition) is 1. The van der Waals surface area contributed by atoms with Gasteiger partial charge in [0.05, 0.1) is 22.6 Å². The maximum Gasteiger partial charge on any atom is 0.309 e. The molecule has 1 aromatic carbocycles. The van der Waals surface area contributed by atoms with E-state index in [1.54, 1.807) is 6.20 Å². The molecule has 110 valence electrons. The maximum atomic E-state index is 11.5. The first-order valence-electron chi connectivity index (χ1n) is 7.35. The van der Waals surface area contributed by atoms with Gasteiger partial charge in [-0.2, -0.15) is 0 Å². The minimum atomic E-state index is -0.672. The van der Waals surface area contributed by atoms with E-state index in [4.69, 9.17) is 0 Å². The van der Waals surface area contributed by atoms with Gasteiger partial charge in [-0.15, -0.1) is 0 Å². The predicted octanol–water partition coefficient (Wildman–Crippen LogP) is 2.71. The summed E-state index contributed by atoms with van der Waals surface area (Å²) in [6, 6.07) is 7.78. The number of aliphatic carboxylic acids is 1. The van der Waals surface area contributed by atoms with Crippen molar-refractivity contribution in [1.82, 2.24) is 9.97 Å². The van der Waals surface area contributed by atoms with Crippen molar-refractivity contribution in [3.05, 3.63) is 30.5 Å². The predicted molar refractivity (Wildman–Crippen MR) is 81.3 cm³/mol. The molecule has 0 spiro atoms. The van der Waals surface area contributed by atoms with Crippen LogP contribution < -0.4 is 4.90 Å². The van der Waals surface area contributed by atoms with E-state index in [2.05, 4.69) is 14.9 Å². The molecular formula is C16H19N3O2. The third kappa shape index (κ3) is 2.44. The normalized spacial score (nSPS) is 17.9. The van der Waals surface area contributed by atoms with Gasteiger partial charge in [0.25, 0.3) is 0 Å². The summed E-state index contributed by atoms with van der Waals surface area (Å²) in [6.07, 6.45) is 3.78. The number of aromatic nitrogens is 2. The molecule has 2 aromatic rings. The lowest BCUT2D eigenvalue weighted by Gasteiger charge is -2.38. The highest BCUT2D eigenvalue weighted by Crippen LogP contribution is 2.36. The molecule has 1 aromatic heterocycles. The fourth-order valence-corrected chi connectivity index (χ4v) is 2.98. The molecule has 5 nitrogen and oxygen atoms in total. The zero-order valence-corrected chi connectivity index (χ0v) is 12.1. The summed E-state index contributed by atoms with van der Waals surface area (Å²) in [5.41, 5.74) is 1.19. The summed E-state index contributed by atoms with van der Waals surface area (Å²) >= 11 is 0. The second-order valence-corrected chi connectivity index (χ2v) is 5.64. The van der Waals surface area contributed by atoms with Gasteiger partial charge in [-0.1, -0.05) is 19.1 Å². The smallest absolute Gasteiger partial charge is 0.309 e. The van der Waals surface area contributed by atoms with Gasteiger partial charge in [0.2, 0.25) is 0 Å². The van der Waals surface area contributed by atoms with E-state index in [1.807, 2.05) is 31.2 Å². The van der Waals surface area contributed by atoms with Crippen LogP contribution in [0.2, 0.25) is 0 Å². The molecule has 1 aliphatic rings. The molecule has 0 atom stereocenters. The van der Waals surface area contributed by atoms with Crippen LogP contribution in [0.15, 0.2) is 30.5 Å². The van der Waals surface area contributed by atoms with Crippen molar-refractivity contribution in [2.75, 3.05) is 18.0 Å². The van der Waals surface area contributed by atoms with E-state index in [0.717, 1.165) is 16.9 Å². The van der Waals surface area contributed by atoms with Crippen LogP contribution in [0.5, 0.6) is 0 Å². The summed E-state index contributed by atoms with van der Waals surface area (Å²) < 4.78 is 0. The van der Waals surface area contributed by atoms with Gasteiger partial charge in [-0.3, -0.25) is 9.78 Å². The third-order valence-electron chi connectivity index (χ3n) is 4.61. The Morgan fingerprint density at radius 3 is 2.57 bits per heavy atom. The van der Waals surface area contributed by atoms with Crippen molar-refractivity contribution in [2.24, 2.45) is 5.41 Å². The Labute approximate surface area is 123 Å². The van der Waals surface area contributed by atoms with Gasteiger partial charge >= 0.3 is 5.97 Å². The zero-order chi connectivity index (χ0) is 14.9. The summed E-state index contributed by atoms with van der Waals surface area (Å²) in [5.74, 6) is 0.165. The van der Waals surface area contributed by atoms with Crippen LogP contribution in [-0.4, -0.2) is 34.1 Å². The van der Waals surface area contributed by atoms with Gasteiger partial charge < -0.3 is 10.0 Å². The third-order valence-corrected chi connectivity index (χ3v) is 4.61. The van der Waals surface area contributed by atoms with Crippen molar-refractivity contribution in [3.8, 4) is 0 Å². The lowest BCUT2D eigenvalue weighted by molar-refractivity contribution is -0.150. The Morgan fingerprint density at radius 1 is 1.29 bits per heavy atom. The van der Waals surface area contributed by atoms with Crippen LogP contribution in [0.4, 0.5) is 5.82 Å². The number of para-hydroxylation sites is 2. The van der Waals surface area contributed by atoms with Crippen LogP contribution in [-0.2, 0) is 4.79 Å². The number of nitrogens with zero attached hydrogens (tertiary/aromatic N) is 3. The van der Waals surface area contributed by atoms with Crippen molar-refractivity contribution in [2.45, 2.75) is 26.2 Å². The summed E-state index contributed by atoms with van der Waals surface area (Å²) in [5, 5.41) is 9.44. The summed E-state index contributed by atoms with van der Waals surface area (Å²) in [4.78, 5) is 22.7. The van der Waals surface area contributed by atoms with Crippen LogP contribution in [0.3, 0.4) is 0 Å². The van der Waals surface area contributed by atoms with Crippen molar-refractivity contribution in [3.63, 3.8) is 0 Å². The van der Waals surface area contributed by atoms with Gasteiger partial charge in [0, 0.05) is 13.1 Å². The molecule has 0 unspecified atom stereocenters. The molecule has 1 N–H and O–H groups in total. The average Bonchev–Trinajstić information content (AvgIpc) is 2.54. The first-order valence-corrected chi connectivity index (χ1v) is 7.35. The first-order chi connectivity index (χ1) is 10.1. The highest BCUT2D eigenvalue weighted by atomic mass is 16.4. The Hall–Kier alpha value is -2.17. The molecular weight excluding hydrogens is 266 g/mol. The fraction of sp³-hybridized carbons (Fsp3) is 0.438. The van der Waals surface area contributed by atoms with Gasteiger partial charge in [-0.25, -0.2) is 4.98 Å². The first kappa shape index (κ1) is 13.8. The lowest BCUT2D eigenvalue weighted by Crippen LogP contribution is -2.44. The lowest BCUT2D eigenvalue weighted by atomic mass is 9.76. The van der Waals surface area contributed by atoms with E-state index >= 15 is 0 Å². The number of rotatable bonds is 3. The van der Waals surface area contributed by atoms with Gasteiger partial charge in [-0.05, 0) is 31.4 Å². The minimum absolute atomic E-state index is 0.569. The molecule has 0 amide bonds. The second-order valence-electron chi connectivity index (χ2n) is 5.64. The topological polar surface area (TPSA) is 66.3 Å². The Morgan fingerprint density at radius 2 is 1.95 bits per heavy atom. The van der Waals surface area contributed by atoms with Crippen LogP contribution in [0, 0.1) is 5.41 Å². The molecule has 0 radical (unpaired) electrons. The highest BCUT2D eigenvalue weighted by Gasteiger charge is 2.40. The number of fused-ring (bicyclic) bond motifs is 1. The fourth-order valence-electron chi connectivity index (χ4n) is 2.98. The van der Waals surface area contributed by atoms with Gasteiger partial charge in [0.1, 0.15) is 5.82 Å². The monoisotopic (exact) mass is 285 g/mol. The van der Waals surface area contributed by atoms with E-state index in [1.165, 1.54) is 0 Å². The largest absolute Gasteiger partial charge is 0.481 e. The Bertz CT molecular complexity index is 663. The zero-order valence-electron chi connectivity index (χ0n) is 12.1. The van der Waals surface area contributed by atoms with E-state index in [-0.39, 0.29) is 0 Å². The Kier molecular flexibility index (Phi) is 3.49. The van der Waals surface area contributed by atoms with Crippen LogP contribution in [0.25, 0.3) is 11.0 Å². The molecule has 2 heterocycles. The van der Waals surface area contributed by atoms with Crippen molar-refractivity contribution in [1.29, 1.82) is 0 Å². The molecule has 0 bridgehead atoms. The second kappa shape index (κ2) is 5.31.